The van der Waals surface area contributed by atoms with Crippen molar-refractivity contribution in [2.24, 2.45) is 5.10 Å². The van der Waals surface area contributed by atoms with E-state index in [2.05, 4.69) is 26.0 Å². The molecular weight excluding hydrogens is 460 g/mol. The van der Waals surface area contributed by atoms with Gasteiger partial charge in [-0.3, -0.25) is 4.79 Å². The molecule has 0 unspecified atom stereocenters. The number of hydrogen-bond donors (Lipinski definition) is 0. The number of nitrogens with zero attached hydrogens (tertiary/aromatic N) is 4. The van der Waals surface area contributed by atoms with Gasteiger partial charge in [-0.05, 0) is 45.0 Å². The maximum Gasteiger partial charge on any atom is 0.328 e. The van der Waals surface area contributed by atoms with Crippen molar-refractivity contribution in [1.29, 1.82) is 0 Å². The average Bonchev–Trinajstić information content (AvgIpc) is 3.04. The number of aromatic nitrogens is 3. The van der Waals surface area contributed by atoms with Gasteiger partial charge >= 0.3 is 5.97 Å². The van der Waals surface area contributed by atoms with Crippen LogP contribution in [0, 0.1) is 13.8 Å². The zero-order chi connectivity index (χ0) is 22.3. The van der Waals surface area contributed by atoms with Crippen LogP contribution < -0.4 is 5.56 Å². The fraction of sp³-hybridized carbons (Fsp3) is 0.217. The molecule has 0 N–H and O–H groups in total. The highest BCUT2D eigenvalue weighted by Gasteiger charge is 2.22. The highest BCUT2D eigenvalue weighted by molar-refractivity contribution is 9.10. The zero-order valence-corrected chi connectivity index (χ0v) is 19.2. The summed E-state index contributed by atoms with van der Waals surface area (Å²) in [5.41, 5.74) is 2.95. The zero-order valence-electron chi connectivity index (χ0n) is 17.6. The summed E-state index contributed by atoms with van der Waals surface area (Å²) < 4.78 is 8.96. The number of carbonyl (C=O) groups excluding carboxylic acids is 1. The van der Waals surface area contributed by atoms with E-state index in [1.807, 2.05) is 41.8 Å². The molecule has 2 aromatic carbocycles. The molecule has 0 aliphatic carbocycles. The number of rotatable bonds is 4. The molecule has 1 atom stereocenters. The number of carbonyl (C=O) groups is 1. The van der Waals surface area contributed by atoms with Crippen LogP contribution in [0.15, 0.2) is 56.8 Å². The van der Waals surface area contributed by atoms with Crippen LogP contribution in [0.2, 0.25) is 0 Å². The van der Waals surface area contributed by atoms with Crippen molar-refractivity contribution in [3.05, 3.63) is 74.4 Å². The second-order valence-corrected chi connectivity index (χ2v) is 8.18. The maximum absolute atomic E-state index is 13.0. The Bertz CT molecular complexity index is 1420. The van der Waals surface area contributed by atoms with Crippen molar-refractivity contribution >= 4 is 49.9 Å². The van der Waals surface area contributed by atoms with E-state index in [9.17, 15) is 9.59 Å². The van der Waals surface area contributed by atoms with Crippen molar-refractivity contribution < 1.29 is 9.53 Å². The molecule has 2 heterocycles. The standard InChI is InChI=1S/C23H21BrN4O3/c1-13-19(17-7-5-6-8-21(17)27(13)14(2)23(30)31-4)12-25-28-15(3)26-20-10-9-16(24)11-18(20)22(28)29/h5-12,14H,1-4H3/t14-/m0/s1. The third kappa shape index (κ3) is 3.57. The number of esters is 1. The molecule has 0 amide bonds. The minimum atomic E-state index is -0.499. The van der Waals surface area contributed by atoms with E-state index in [0.717, 1.165) is 26.6 Å². The lowest BCUT2D eigenvalue weighted by Crippen LogP contribution is -2.21. The number of para-hydroxylation sites is 1. The minimum absolute atomic E-state index is 0.246. The van der Waals surface area contributed by atoms with Crippen LogP contribution in [0.5, 0.6) is 0 Å². The van der Waals surface area contributed by atoms with Crippen molar-refractivity contribution in [2.75, 3.05) is 7.11 Å². The van der Waals surface area contributed by atoms with E-state index in [-0.39, 0.29) is 11.5 Å². The fourth-order valence-corrected chi connectivity index (χ4v) is 4.23. The summed E-state index contributed by atoms with van der Waals surface area (Å²) in [5, 5.41) is 5.89. The summed E-state index contributed by atoms with van der Waals surface area (Å²) in [7, 11) is 1.38. The number of methoxy groups -OCH3 is 1. The molecule has 8 heteroatoms. The number of aryl methyl sites for hydroxylation is 1. The Kier molecular flexibility index (Phi) is 5.49. The lowest BCUT2D eigenvalue weighted by molar-refractivity contribution is -0.143. The molecule has 4 rings (SSSR count). The lowest BCUT2D eigenvalue weighted by Gasteiger charge is -2.15. The number of halogens is 1. The van der Waals surface area contributed by atoms with E-state index in [0.29, 0.717) is 16.7 Å². The van der Waals surface area contributed by atoms with Crippen LogP contribution in [-0.4, -0.2) is 33.5 Å². The van der Waals surface area contributed by atoms with Gasteiger partial charge in [-0.15, -0.1) is 0 Å². The van der Waals surface area contributed by atoms with Gasteiger partial charge in [0.25, 0.3) is 5.56 Å². The second kappa shape index (κ2) is 8.11. The summed E-state index contributed by atoms with van der Waals surface area (Å²) in [6.45, 7) is 5.47. The lowest BCUT2D eigenvalue weighted by atomic mass is 10.1. The van der Waals surface area contributed by atoms with Crippen molar-refractivity contribution in [1.82, 2.24) is 14.2 Å². The number of benzene rings is 2. The molecule has 0 spiro atoms. The fourth-order valence-electron chi connectivity index (χ4n) is 3.87. The van der Waals surface area contributed by atoms with Gasteiger partial charge in [0.2, 0.25) is 0 Å². The Morgan fingerprint density at radius 3 is 2.68 bits per heavy atom. The molecule has 4 aromatic rings. The Morgan fingerprint density at radius 2 is 1.94 bits per heavy atom. The van der Waals surface area contributed by atoms with E-state index >= 15 is 0 Å². The van der Waals surface area contributed by atoms with E-state index in [1.54, 1.807) is 32.2 Å². The molecule has 0 fully saturated rings. The summed E-state index contributed by atoms with van der Waals surface area (Å²) >= 11 is 3.40. The molecular formula is C23H21BrN4O3. The molecule has 31 heavy (non-hydrogen) atoms. The molecule has 0 aliphatic heterocycles. The SMILES string of the molecule is COC(=O)[C@H](C)n1c(C)c(C=Nn2c(C)nc3ccc(Br)cc3c2=O)c2ccccc21. The van der Waals surface area contributed by atoms with Gasteiger partial charge in [0.1, 0.15) is 11.9 Å². The first-order valence-electron chi connectivity index (χ1n) is 9.74. The van der Waals surface area contributed by atoms with Crippen LogP contribution in [0.25, 0.3) is 21.8 Å². The summed E-state index contributed by atoms with van der Waals surface area (Å²) in [6, 6.07) is 12.7. The average molecular weight is 481 g/mol. The molecule has 0 aliphatic rings. The largest absolute Gasteiger partial charge is 0.467 e. The predicted octanol–water partition coefficient (Wildman–Crippen LogP) is 4.35. The normalized spacial score (nSPS) is 12.7. The van der Waals surface area contributed by atoms with Crippen molar-refractivity contribution in [3.63, 3.8) is 0 Å². The smallest absolute Gasteiger partial charge is 0.328 e. The topological polar surface area (TPSA) is 78.5 Å². The molecule has 0 saturated carbocycles. The third-order valence-corrected chi connectivity index (χ3v) is 5.90. The minimum Gasteiger partial charge on any atom is -0.467 e. The van der Waals surface area contributed by atoms with Gasteiger partial charge < -0.3 is 9.30 Å². The highest BCUT2D eigenvalue weighted by Crippen LogP contribution is 2.28. The summed E-state index contributed by atoms with van der Waals surface area (Å²) in [5.74, 6) is 0.157. The summed E-state index contributed by atoms with van der Waals surface area (Å²) in [6.07, 6.45) is 1.65. The molecule has 2 aromatic heterocycles. The van der Waals surface area contributed by atoms with Gasteiger partial charge in [-0.1, -0.05) is 34.1 Å². The Hall–Kier alpha value is -3.26. The molecule has 0 radical (unpaired) electrons. The van der Waals surface area contributed by atoms with E-state index in [4.69, 9.17) is 4.74 Å². The third-order valence-electron chi connectivity index (χ3n) is 5.41. The van der Waals surface area contributed by atoms with Crippen LogP contribution in [0.3, 0.4) is 0 Å². The van der Waals surface area contributed by atoms with Gasteiger partial charge in [0, 0.05) is 26.6 Å². The van der Waals surface area contributed by atoms with Crippen LogP contribution in [0.1, 0.15) is 30.0 Å². The highest BCUT2D eigenvalue weighted by atomic mass is 79.9. The van der Waals surface area contributed by atoms with E-state index in [1.165, 1.54) is 11.8 Å². The molecule has 158 valence electrons. The first kappa shape index (κ1) is 21.0. The van der Waals surface area contributed by atoms with Crippen molar-refractivity contribution in [3.8, 4) is 0 Å². The Balaban J connectivity index is 1.89. The van der Waals surface area contributed by atoms with Gasteiger partial charge in [0.05, 0.1) is 24.2 Å². The molecule has 0 bridgehead atoms. The molecule has 7 nitrogen and oxygen atoms in total. The number of ether oxygens (including phenoxy) is 1. The maximum atomic E-state index is 13.0. The van der Waals surface area contributed by atoms with Gasteiger partial charge in [-0.25, -0.2) is 9.78 Å². The van der Waals surface area contributed by atoms with Crippen LogP contribution in [-0.2, 0) is 9.53 Å². The molecule has 0 saturated heterocycles. The predicted molar refractivity (Wildman–Crippen MR) is 125 cm³/mol. The van der Waals surface area contributed by atoms with Crippen molar-refractivity contribution in [2.45, 2.75) is 26.8 Å². The monoisotopic (exact) mass is 480 g/mol. The first-order valence-corrected chi connectivity index (χ1v) is 10.5. The van der Waals surface area contributed by atoms with Crippen LogP contribution in [0.4, 0.5) is 0 Å². The Morgan fingerprint density at radius 1 is 1.19 bits per heavy atom. The van der Waals surface area contributed by atoms with E-state index < -0.39 is 6.04 Å². The van der Waals surface area contributed by atoms with Gasteiger partial charge in [-0.2, -0.15) is 9.78 Å². The Labute approximate surface area is 187 Å². The van der Waals surface area contributed by atoms with Gasteiger partial charge in [0.15, 0.2) is 0 Å². The first-order chi connectivity index (χ1) is 14.8. The number of fused-ring (bicyclic) bond motifs is 2. The number of hydrogen-bond acceptors (Lipinski definition) is 5. The summed E-state index contributed by atoms with van der Waals surface area (Å²) in [4.78, 5) is 29.7. The quantitative estimate of drug-likeness (QED) is 0.321. The van der Waals surface area contributed by atoms with Crippen LogP contribution >= 0.6 is 15.9 Å². The second-order valence-electron chi connectivity index (χ2n) is 7.27.